The van der Waals surface area contributed by atoms with Gasteiger partial charge in [0.1, 0.15) is 18.4 Å². The van der Waals surface area contributed by atoms with E-state index in [9.17, 15) is 4.79 Å². The Morgan fingerprint density at radius 1 is 0.958 bits per heavy atom. The number of anilines is 2. The Morgan fingerprint density at radius 2 is 1.77 bits per heavy atom. The minimum absolute atomic E-state index is 0.307. The maximum atomic E-state index is 14.2. The molecule has 1 aromatic heterocycles. The molecule has 9 nitrogen and oxygen atoms in total. The Kier molecular flexibility index (Phi) is 10.2. The first kappa shape index (κ1) is 33.0. The number of methoxy groups -OCH3 is 1. The standard InChI is InChI=1S/C37H36ClN5O4S/c1-5-46-32-20-26(17-18-31(32)47-21-25-12-10-11-23(2)19-25)34-33(35(44)40-29-15-8-9-16-30(29)45-4)24(3)39-36-41-37(42-43(34)36)48-22-27-13-6-7-14-28(27)38/h6-20,34H,5,21-22H2,1-4H3,(H,40,44)(H,39,41,42). The monoisotopic (exact) mass is 681 g/mol. The van der Waals surface area contributed by atoms with Crippen molar-refractivity contribution in [1.29, 1.82) is 0 Å². The van der Waals surface area contributed by atoms with Crippen LogP contribution >= 0.6 is 23.4 Å². The van der Waals surface area contributed by atoms with Crippen molar-refractivity contribution in [2.24, 2.45) is 0 Å². The van der Waals surface area contributed by atoms with Crippen LogP contribution in [0, 0.1) is 6.92 Å². The van der Waals surface area contributed by atoms with Gasteiger partial charge in [-0.3, -0.25) is 4.79 Å². The third-order valence-corrected chi connectivity index (χ3v) is 9.06. The third kappa shape index (κ3) is 7.30. The molecule has 6 rings (SSSR count). The maximum Gasteiger partial charge on any atom is 0.255 e. The van der Waals surface area contributed by atoms with Crippen LogP contribution in [-0.4, -0.2) is 34.4 Å². The van der Waals surface area contributed by atoms with Crippen LogP contribution in [0.25, 0.3) is 0 Å². The Morgan fingerprint density at radius 3 is 2.56 bits per heavy atom. The number of rotatable bonds is 12. The summed E-state index contributed by atoms with van der Waals surface area (Å²) in [6, 6.07) is 28.3. The molecule has 1 amide bonds. The molecule has 4 aromatic carbocycles. The fourth-order valence-electron chi connectivity index (χ4n) is 5.54. The highest BCUT2D eigenvalue weighted by molar-refractivity contribution is 7.98. The Bertz CT molecular complexity index is 1980. The molecule has 1 aliphatic heterocycles. The van der Waals surface area contributed by atoms with E-state index in [1.165, 1.54) is 11.8 Å². The number of hydrogen-bond acceptors (Lipinski definition) is 8. The van der Waals surface area contributed by atoms with Crippen molar-refractivity contribution in [3.05, 3.63) is 130 Å². The summed E-state index contributed by atoms with van der Waals surface area (Å²) in [5.74, 6) is 2.52. The average molecular weight is 682 g/mol. The van der Waals surface area contributed by atoms with E-state index in [0.717, 1.165) is 22.3 Å². The van der Waals surface area contributed by atoms with Gasteiger partial charge in [-0.1, -0.05) is 89.6 Å². The maximum absolute atomic E-state index is 14.2. The number of allylic oxidation sites excluding steroid dienone is 1. The number of thioether (sulfide) groups is 1. The summed E-state index contributed by atoms with van der Waals surface area (Å²) in [6.45, 7) is 6.67. The van der Waals surface area contributed by atoms with Crippen molar-refractivity contribution < 1.29 is 19.0 Å². The van der Waals surface area contributed by atoms with Gasteiger partial charge in [0.25, 0.3) is 5.91 Å². The number of para-hydroxylation sites is 2. The topological polar surface area (TPSA) is 99.5 Å². The van der Waals surface area contributed by atoms with E-state index in [0.29, 0.717) is 69.3 Å². The zero-order valence-corrected chi connectivity index (χ0v) is 28.7. The van der Waals surface area contributed by atoms with Crippen LogP contribution < -0.4 is 24.8 Å². The number of benzene rings is 4. The van der Waals surface area contributed by atoms with Crippen molar-refractivity contribution in [2.75, 3.05) is 24.4 Å². The summed E-state index contributed by atoms with van der Waals surface area (Å²) in [6.07, 6.45) is 0. The molecule has 0 spiro atoms. The second-order valence-corrected chi connectivity index (χ2v) is 12.5. The normalized spacial score (nSPS) is 13.8. The third-order valence-electron chi connectivity index (χ3n) is 7.81. The lowest BCUT2D eigenvalue weighted by Gasteiger charge is -2.29. The molecule has 0 saturated heterocycles. The van der Waals surface area contributed by atoms with Crippen molar-refractivity contribution >= 4 is 40.9 Å². The first-order chi connectivity index (χ1) is 23.3. The predicted octanol–water partition coefficient (Wildman–Crippen LogP) is 8.45. The number of nitrogens with one attached hydrogen (secondary N) is 2. The van der Waals surface area contributed by atoms with E-state index in [1.54, 1.807) is 23.9 Å². The van der Waals surface area contributed by atoms with Crippen molar-refractivity contribution in [3.8, 4) is 17.2 Å². The van der Waals surface area contributed by atoms with E-state index in [1.807, 2.05) is 80.6 Å². The van der Waals surface area contributed by atoms with Crippen LogP contribution in [0.2, 0.25) is 5.02 Å². The molecule has 1 atom stereocenters. The van der Waals surface area contributed by atoms with Gasteiger partial charge in [-0.25, -0.2) is 4.68 Å². The second kappa shape index (κ2) is 14.9. The number of aryl methyl sites for hydroxylation is 1. The highest BCUT2D eigenvalue weighted by Crippen LogP contribution is 2.41. The average Bonchev–Trinajstić information content (AvgIpc) is 3.49. The lowest BCUT2D eigenvalue weighted by Crippen LogP contribution is -2.31. The quantitative estimate of drug-likeness (QED) is 0.127. The zero-order chi connectivity index (χ0) is 33.6. The highest BCUT2D eigenvalue weighted by atomic mass is 35.5. The molecular formula is C37H36ClN5O4S. The van der Waals surface area contributed by atoms with Crippen LogP contribution in [0.5, 0.6) is 17.2 Å². The van der Waals surface area contributed by atoms with Gasteiger partial charge in [-0.05, 0) is 67.8 Å². The lowest BCUT2D eigenvalue weighted by molar-refractivity contribution is -0.113. The second-order valence-electron chi connectivity index (χ2n) is 11.2. The molecule has 0 radical (unpaired) electrons. The van der Waals surface area contributed by atoms with E-state index in [2.05, 4.69) is 29.7 Å². The SMILES string of the molecule is CCOc1cc(C2C(C(=O)Nc3ccccc3OC)=C(C)Nc3nc(SCc4ccccc4Cl)nn32)ccc1OCc1cccc(C)c1. The molecule has 2 heterocycles. The van der Waals surface area contributed by atoms with Crippen LogP contribution in [0.3, 0.4) is 0 Å². The van der Waals surface area contributed by atoms with Gasteiger partial charge < -0.3 is 24.8 Å². The summed E-state index contributed by atoms with van der Waals surface area (Å²) in [5.41, 5.74) is 5.65. The molecule has 0 aliphatic carbocycles. The minimum Gasteiger partial charge on any atom is -0.495 e. The Balaban J connectivity index is 1.37. The summed E-state index contributed by atoms with van der Waals surface area (Å²) >= 11 is 7.89. The number of ether oxygens (including phenoxy) is 3. The molecule has 0 saturated carbocycles. The van der Waals surface area contributed by atoms with Crippen molar-refractivity contribution in [2.45, 2.75) is 44.3 Å². The smallest absolute Gasteiger partial charge is 0.255 e. The lowest BCUT2D eigenvalue weighted by atomic mass is 9.94. The number of fused-ring (bicyclic) bond motifs is 1. The molecule has 0 bridgehead atoms. The predicted molar refractivity (Wildman–Crippen MR) is 190 cm³/mol. The largest absolute Gasteiger partial charge is 0.495 e. The van der Waals surface area contributed by atoms with E-state index < -0.39 is 6.04 Å². The summed E-state index contributed by atoms with van der Waals surface area (Å²) in [4.78, 5) is 18.9. The number of carbonyl (C=O) groups is 1. The zero-order valence-electron chi connectivity index (χ0n) is 27.1. The van der Waals surface area contributed by atoms with E-state index in [4.69, 9.17) is 35.9 Å². The number of nitrogens with zero attached hydrogens (tertiary/aromatic N) is 3. The number of halogens is 1. The molecule has 1 aliphatic rings. The molecule has 1 unspecified atom stereocenters. The summed E-state index contributed by atoms with van der Waals surface area (Å²) in [5, 5.41) is 12.5. The van der Waals surface area contributed by atoms with E-state index >= 15 is 0 Å². The summed E-state index contributed by atoms with van der Waals surface area (Å²) in [7, 11) is 1.57. The number of carbonyl (C=O) groups excluding carboxylic acids is 1. The first-order valence-electron chi connectivity index (χ1n) is 15.5. The molecule has 5 aromatic rings. The summed E-state index contributed by atoms with van der Waals surface area (Å²) < 4.78 is 19.6. The van der Waals surface area contributed by atoms with Gasteiger partial charge >= 0.3 is 0 Å². The van der Waals surface area contributed by atoms with Gasteiger partial charge in [-0.15, -0.1) is 5.10 Å². The number of aromatic nitrogens is 3. The van der Waals surface area contributed by atoms with Crippen molar-refractivity contribution in [1.82, 2.24) is 14.8 Å². The van der Waals surface area contributed by atoms with Gasteiger partial charge in [0.2, 0.25) is 11.1 Å². The van der Waals surface area contributed by atoms with Crippen LogP contribution in [-0.2, 0) is 17.2 Å². The van der Waals surface area contributed by atoms with Gasteiger partial charge in [0.15, 0.2) is 11.5 Å². The Hall–Kier alpha value is -4.93. The first-order valence-corrected chi connectivity index (χ1v) is 16.9. The Labute approximate surface area is 289 Å². The molecule has 11 heteroatoms. The molecule has 2 N–H and O–H groups in total. The fraction of sp³-hybridized carbons (Fsp3) is 0.216. The highest BCUT2D eigenvalue weighted by Gasteiger charge is 2.35. The van der Waals surface area contributed by atoms with Gasteiger partial charge in [0.05, 0.1) is 25.0 Å². The van der Waals surface area contributed by atoms with E-state index in [-0.39, 0.29) is 5.91 Å². The molecule has 246 valence electrons. The molecular weight excluding hydrogens is 646 g/mol. The van der Waals surface area contributed by atoms with Crippen LogP contribution in [0.1, 0.15) is 42.1 Å². The van der Waals surface area contributed by atoms with Gasteiger partial charge in [-0.2, -0.15) is 4.98 Å². The van der Waals surface area contributed by atoms with Gasteiger partial charge in [0, 0.05) is 16.5 Å². The van der Waals surface area contributed by atoms with Crippen molar-refractivity contribution in [3.63, 3.8) is 0 Å². The van der Waals surface area contributed by atoms with Crippen LogP contribution in [0.4, 0.5) is 11.6 Å². The fourth-order valence-corrected chi connectivity index (χ4v) is 6.65. The molecule has 48 heavy (non-hydrogen) atoms. The number of amides is 1. The minimum atomic E-state index is -0.636. The molecule has 0 fully saturated rings. The van der Waals surface area contributed by atoms with Crippen LogP contribution in [0.15, 0.2) is 107 Å². The number of hydrogen-bond donors (Lipinski definition) is 2.